The summed E-state index contributed by atoms with van der Waals surface area (Å²) in [4.78, 5) is 0. The van der Waals surface area contributed by atoms with Crippen molar-refractivity contribution >= 4 is 0 Å². The minimum atomic E-state index is 0.639. The van der Waals surface area contributed by atoms with E-state index < -0.39 is 0 Å². The topological polar surface area (TPSA) is 45.4 Å². The van der Waals surface area contributed by atoms with Gasteiger partial charge in [-0.05, 0) is 12.1 Å². The molecule has 0 aliphatic rings. The predicted molar refractivity (Wildman–Crippen MR) is 36.1 cm³/mol. The van der Waals surface area contributed by atoms with E-state index in [1.54, 1.807) is 12.1 Å². The number of aryl methyl sites for hydroxylation is 1. The molecule has 0 saturated carbocycles. The molecular formula is C6H7N4+. The molecule has 0 saturated heterocycles. The lowest BCUT2D eigenvalue weighted by Gasteiger charge is -1.90. The lowest BCUT2D eigenvalue weighted by Crippen LogP contribution is -2.00. The quantitative estimate of drug-likeness (QED) is 0.381. The van der Waals surface area contributed by atoms with Crippen LogP contribution in [-0.2, 0) is 7.05 Å². The highest BCUT2D eigenvalue weighted by atomic mass is 15.2. The largest absolute Gasteiger partial charge is 0.357 e. The summed E-state index contributed by atoms with van der Waals surface area (Å²) in [5, 5.41) is 14.7. The average molecular weight is 135 g/mol. The molecule has 4 heteroatoms. The van der Waals surface area contributed by atoms with E-state index in [4.69, 9.17) is 5.39 Å². The van der Waals surface area contributed by atoms with Crippen LogP contribution < -0.4 is 5.36 Å². The molecule has 1 rings (SSSR count). The molecule has 0 fully saturated rings. The zero-order valence-electron chi connectivity index (χ0n) is 5.60. The molecule has 1 heterocycles. The van der Waals surface area contributed by atoms with Gasteiger partial charge in [0.25, 0.3) is 5.39 Å². The Morgan fingerprint density at radius 3 is 2.60 bits per heavy atom. The van der Waals surface area contributed by atoms with Gasteiger partial charge in [0.1, 0.15) is 0 Å². The molecule has 0 unspecified atom stereocenters. The lowest BCUT2D eigenvalue weighted by atomic mass is 10.5. The molecule has 0 bridgehead atoms. The third-order valence-electron chi connectivity index (χ3n) is 1.12. The van der Waals surface area contributed by atoms with Crippen LogP contribution in [0.15, 0.2) is 29.6 Å². The summed E-state index contributed by atoms with van der Waals surface area (Å²) in [6, 6.07) is 3.50. The van der Waals surface area contributed by atoms with E-state index in [0.717, 1.165) is 0 Å². The molecule has 0 amide bonds. The van der Waals surface area contributed by atoms with Crippen LogP contribution >= 0.6 is 0 Å². The van der Waals surface area contributed by atoms with Crippen molar-refractivity contribution in [3.8, 4) is 0 Å². The summed E-state index contributed by atoms with van der Waals surface area (Å²) in [7, 11) is 1.90. The van der Waals surface area contributed by atoms with Gasteiger partial charge in [0.2, 0.25) is 0 Å². The van der Waals surface area contributed by atoms with Crippen LogP contribution in [0.25, 0.3) is 5.08 Å². The van der Waals surface area contributed by atoms with Crippen molar-refractivity contribution in [3.05, 3.63) is 35.0 Å². The zero-order chi connectivity index (χ0) is 7.40. The number of aromatic nitrogens is 1. The number of hydrogen-bond donors (Lipinski definition) is 0. The van der Waals surface area contributed by atoms with Crippen LogP contribution in [0.5, 0.6) is 0 Å². The number of hydrogen-bond acceptors (Lipinski definition) is 2. The Kier molecular flexibility index (Phi) is 1.80. The number of pyridine rings is 1. The van der Waals surface area contributed by atoms with Gasteiger partial charge in [-0.1, -0.05) is 0 Å². The first-order chi connectivity index (χ1) is 4.83. The van der Waals surface area contributed by atoms with Crippen molar-refractivity contribution in [2.45, 2.75) is 0 Å². The average Bonchev–Trinajstić information content (AvgIpc) is 1.95. The van der Waals surface area contributed by atoms with Crippen molar-refractivity contribution in [1.82, 2.24) is 4.57 Å². The van der Waals surface area contributed by atoms with Crippen LogP contribution in [0.1, 0.15) is 0 Å². The summed E-state index contributed by atoms with van der Waals surface area (Å²) in [5.41, 5.74) is 0. The van der Waals surface area contributed by atoms with E-state index in [2.05, 4.69) is 10.2 Å². The second kappa shape index (κ2) is 2.78. The summed E-state index contributed by atoms with van der Waals surface area (Å²) < 4.78 is 1.87. The highest BCUT2D eigenvalue weighted by Gasteiger charge is 1.84. The van der Waals surface area contributed by atoms with Crippen molar-refractivity contribution < 1.29 is 0 Å². The summed E-state index contributed by atoms with van der Waals surface area (Å²) in [5.74, 6) is 0. The first-order valence-electron chi connectivity index (χ1n) is 2.83. The summed E-state index contributed by atoms with van der Waals surface area (Å²) >= 11 is 0. The molecule has 50 valence electrons. The molecule has 0 aromatic carbocycles. The van der Waals surface area contributed by atoms with Gasteiger partial charge in [-0.3, -0.25) is 0 Å². The van der Waals surface area contributed by atoms with Crippen molar-refractivity contribution in [1.29, 1.82) is 5.39 Å². The first-order valence-corrected chi connectivity index (χ1v) is 2.83. The SMILES string of the molecule is Cn1ccc(=N[N+]#N)cc1. The van der Waals surface area contributed by atoms with E-state index in [9.17, 15) is 0 Å². The molecule has 0 spiro atoms. The molecule has 0 radical (unpaired) electrons. The smallest absolute Gasteiger partial charge is 0.339 e. The van der Waals surface area contributed by atoms with Crippen molar-refractivity contribution in [2.24, 2.45) is 12.1 Å². The Balaban J connectivity index is 3.15. The van der Waals surface area contributed by atoms with Gasteiger partial charge in [-0.2, -0.15) is 0 Å². The fourth-order valence-electron chi connectivity index (χ4n) is 0.611. The lowest BCUT2D eigenvalue weighted by molar-refractivity contribution is 0.897. The van der Waals surface area contributed by atoms with E-state index >= 15 is 0 Å². The Morgan fingerprint density at radius 2 is 2.10 bits per heavy atom. The first kappa shape index (κ1) is 6.49. The molecule has 0 aliphatic carbocycles. The van der Waals surface area contributed by atoms with Gasteiger partial charge in [-0.15, -0.1) is 0 Å². The highest BCUT2D eigenvalue weighted by Crippen LogP contribution is 1.76. The highest BCUT2D eigenvalue weighted by molar-refractivity contribution is 4.92. The number of nitrogens with zero attached hydrogens (tertiary/aromatic N) is 4. The fraction of sp³-hybridized carbons (Fsp3) is 0.167. The number of rotatable bonds is 0. The van der Waals surface area contributed by atoms with Gasteiger partial charge in [0.15, 0.2) is 10.5 Å². The van der Waals surface area contributed by atoms with Gasteiger partial charge < -0.3 is 4.57 Å². The second-order valence-electron chi connectivity index (χ2n) is 1.91. The maximum atomic E-state index is 8.04. The Hall–Kier alpha value is -1.63. The van der Waals surface area contributed by atoms with E-state index in [1.807, 2.05) is 24.0 Å². The minimum absolute atomic E-state index is 0.639. The third kappa shape index (κ3) is 1.42. The minimum Gasteiger partial charge on any atom is -0.357 e. The maximum absolute atomic E-state index is 8.04. The summed E-state index contributed by atoms with van der Waals surface area (Å²) in [6.07, 6.45) is 3.65. The normalized spacial score (nSPS) is 8.40. The zero-order valence-corrected chi connectivity index (χ0v) is 5.60. The van der Waals surface area contributed by atoms with Crippen LogP contribution in [0.4, 0.5) is 0 Å². The van der Waals surface area contributed by atoms with E-state index in [-0.39, 0.29) is 0 Å². The Bertz CT molecular complexity index is 297. The van der Waals surface area contributed by atoms with Gasteiger partial charge in [-0.25, -0.2) is 0 Å². The summed E-state index contributed by atoms with van der Waals surface area (Å²) in [6.45, 7) is 0. The van der Waals surface area contributed by atoms with Crippen LogP contribution in [0.3, 0.4) is 0 Å². The molecule has 0 aliphatic heterocycles. The van der Waals surface area contributed by atoms with E-state index in [0.29, 0.717) is 5.36 Å². The van der Waals surface area contributed by atoms with Crippen LogP contribution in [0.2, 0.25) is 0 Å². The van der Waals surface area contributed by atoms with Crippen LogP contribution in [0, 0.1) is 5.39 Å². The molecular weight excluding hydrogens is 128 g/mol. The standard InChI is InChI=1S/C6H7N4/c1-10-4-2-6(3-5-10)8-9-7/h2-5H,1H3/q+1. The van der Waals surface area contributed by atoms with E-state index in [1.165, 1.54) is 0 Å². The fourth-order valence-corrected chi connectivity index (χ4v) is 0.611. The molecule has 0 atom stereocenters. The third-order valence-corrected chi connectivity index (χ3v) is 1.12. The molecule has 10 heavy (non-hydrogen) atoms. The Labute approximate surface area is 58.1 Å². The Morgan fingerprint density at radius 1 is 1.50 bits per heavy atom. The monoisotopic (exact) mass is 135 g/mol. The molecule has 1 aromatic heterocycles. The second-order valence-corrected chi connectivity index (χ2v) is 1.91. The van der Waals surface area contributed by atoms with Crippen LogP contribution in [-0.4, -0.2) is 4.57 Å². The maximum Gasteiger partial charge on any atom is 0.339 e. The van der Waals surface area contributed by atoms with Gasteiger partial charge >= 0.3 is 5.08 Å². The molecule has 0 N–H and O–H groups in total. The molecule has 1 aromatic rings. The van der Waals surface area contributed by atoms with Crippen molar-refractivity contribution in [2.75, 3.05) is 0 Å². The van der Waals surface area contributed by atoms with Gasteiger partial charge in [0, 0.05) is 19.4 Å². The molecule has 4 nitrogen and oxygen atoms in total. The number of diazo groups is 1. The van der Waals surface area contributed by atoms with Gasteiger partial charge in [0.05, 0.1) is 0 Å². The van der Waals surface area contributed by atoms with Crippen molar-refractivity contribution in [3.63, 3.8) is 0 Å². The predicted octanol–water partition coefficient (Wildman–Crippen LogP) is 0.694.